The lowest BCUT2D eigenvalue weighted by molar-refractivity contribution is -0.270. The molecule has 12 N–H and O–H groups in total. The van der Waals surface area contributed by atoms with Crippen LogP contribution in [-0.4, -0.2) is 215 Å². The van der Waals surface area contributed by atoms with Gasteiger partial charge in [-0.05, 0) is 64.2 Å². The van der Waals surface area contributed by atoms with Gasteiger partial charge in [0.05, 0.1) is 32.0 Å². The number of carbonyl (C=O) groups is 6. The Balaban J connectivity index is 1.42. The van der Waals surface area contributed by atoms with Crippen LogP contribution in [0.2, 0.25) is 0 Å². The Bertz CT molecular complexity index is 1550. The number of amides is 6. The fourth-order valence-electron chi connectivity index (χ4n) is 8.30. The maximum Gasteiger partial charge on any atom is 0.242 e. The number of carbonyl (C=O) groups excluding carboxylic acids is 6. The summed E-state index contributed by atoms with van der Waals surface area (Å²) >= 11 is 0. The van der Waals surface area contributed by atoms with Gasteiger partial charge in [0.25, 0.3) is 0 Å². The van der Waals surface area contributed by atoms with Gasteiger partial charge in [-0.15, -0.1) is 0 Å². The Morgan fingerprint density at radius 3 is 1.66 bits per heavy atom. The smallest absolute Gasteiger partial charge is 0.242 e. The summed E-state index contributed by atoms with van der Waals surface area (Å²) in [5.41, 5.74) is 0. The van der Waals surface area contributed by atoms with E-state index in [-0.39, 0.29) is 74.9 Å². The van der Waals surface area contributed by atoms with Gasteiger partial charge in [0, 0.05) is 73.1 Å². The highest BCUT2D eigenvalue weighted by atomic mass is 16.7. The van der Waals surface area contributed by atoms with Gasteiger partial charge < -0.3 is 90.9 Å². The molecule has 6 amide bonds. The number of aliphatic hydroxyl groups is 7. The number of likely N-dealkylation sites (tertiary alicyclic amines) is 1. The first-order chi connectivity index (χ1) is 32.5. The van der Waals surface area contributed by atoms with Crippen molar-refractivity contribution in [1.82, 2.24) is 31.5 Å². The van der Waals surface area contributed by atoms with Crippen molar-refractivity contribution in [3.63, 3.8) is 0 Å². The molecule has 0 bridgehead atoms. The number of aliphatic hydroxyl groups excluding tert-OH is 7. The third-order valence-electron chi connectivity index (χ3n) is 12.2. The maximum atomic E-state index is 13.4. The molecule has 24 heteroatoms. The maximum absolute atomic E-state index is 13.4. The van der Waals surface area contributed by atoms with Gasteiger partial charge in [-0.2, -0.15) is 0 Å². The molecule has 0 aliphatic carbocycles. The van der Waals surface area contributed by atoms with Crippen LogP contribution in [0.1, 0.15) is 104 Å². The molecule has 3 fully saturated rings. The molecule has 68 heavy (non-hydrogen) atoms. The number of rotatable bonds is 31. The van der Waals surface area contributed by atoms with Crippen molar-refractivity contribution in [3.05, 3.63) is 0 Å². The van der Waals surface area contributed by atoms with E-state index in [2.05, 4.69) is 26.6 Å². The topological polar surface area (TPSA) is 354 Å². The van der Waals surface area contributed by atoms with E-state index in [1.807, 2.05) is 0 Å². The molecule has 0 radical (unpaired) electrons. The molecule has 392 valence electrons. The fourth-order valence-corrected chi connectivity index (χ4v) is 8.30. The average Bonchev–Trinajstić information content (AvgIpc) is 3.74. The number of ether oxygens (including phenoxy) is 5. The number of hydrogen-bond acceptors (Lipinski definition) is 18. The van der Waals surface area contributed by atoms with E-state index in [1.54, 1.807) is 12.0 Å². The van der Waals surface area contributed by atoms with Crippen LogP contribution >= 0.6 is 0 Å². The summed E-state index contributed by atoms with van der Waals surface area (Å²) in [5.74, 6) is -1.99. The van der Waals surface area contributed by atoms with E-state index in [9.17, 15) is 64.5 Å². The van der Waals surface area contributed by atoms with Crippen molar-refractivity contribution >= 4 is 35.4 Å². The largest absolute Gasteiger partial charge is 0.394 e. The Morgan fingerprint density at radius 1 is 0.632 bits per heavy atom. The second-order valence-electron chi connectivity index (χ2n) is 17.6. The predicted molar refractivity (Wildman–Crippen MR) is 239 cm³/mol. The van der Waals surface area contributed by atoms with Gasteiger partial charge in [0.2, 0.25) is 35.4 Å². The van der Waals surface area contributed by atoms with Crippen LogP contribution < -0.4 is 26.6 Å². The second kappa shape index (κ2) is 31.5. The Labute approximate surface area is 397 Å². The van der Waals surface area contributed by atoms with Crippen LogP contribution in [0.25, 0.3) is 0 Å². The normalized spacial score (nSPS) is 28.6. The molecule has 3 aliphatic heterocycles. The summed E-state index contributed by atoms with van der Waals surface area (Å²) in [5, 5.41) is 83.5. The van der Waals surface area contributed by atoms with Gasteiger partial charge in [-0.25, -0.2) is 0 Å². The second-order valence-corrected chi connectivity index (χ2v) is 17.6. The Hall–Kier alpha value is -3.66. The van der Waals surface area contributed by atoms with Gasteiger partial charge in [0.1, 0.15) is 54.7 Å². The van der Waals surface area contributed by atoms with Crippen molar-refractivity contribution in [2.75, 3.05) is 59.8 Å². The fraction of sp³-hybridized carbons (Fsp3) is 0.864. The van der Waals surface area contributed by atoms with Crippen LogP contribution in [0.4, 0.5) is 0 Å². The van der Waals surface area contributed by atoms with Gasteiger partial charge in [0.15, 0.2) is 12.6 Å². The molecule has 0 spiro atoms. The SMILES string of the molecule is CO[C@@H]1C[C@@H](CO)N(C(=O)CCCCCNC(=O)[C@@H](CCCCNC(=O)CCCCOC2OC(CO)C(O)C(O)C2NC(C)=O)NC(=O)CCCCOC2OC(CO)C(O)C(O)C2NC(C)=O)C1. The molecule has 24 nitrogen and oxygen atoms in total. The van der Waals surface area contributed by atoms with E-state index in [0.29, 0.717) is 90.3 Å². The molecule has 13 atom stereocenters. The average molecular weight is 979 g/mol. The van der Waals surface area contributed by atoms with E-state index in [1.165, 1.54) is 13.8 Å². The first-order valence-corrected chi connectivity index (χ1v) is 23.8. The van der Waals surface area contributed by atoms with E-state index in [0.717, 1.165) is 0 Å². The van der Waals surface area contributed by atoms with Crippen LogP contribution in [-0.2, 0) is 52.5 Å². The summed E-state index contributed by atoms with van der Waals surface area (Å²) in [6.07, 6.45) is -4.63. The molecule has 3 rings (SSSR count). The molecule has 0 aromatic carbocycles. The monoisotopic (exact) mass is 979 g/mol. The summed E-state index contributed by atoms with van der Waals surface area (Å²) < 4.78 is 27.9. The highest BCUT2D eigenvalue weighted by molar-refractivity contribution is 5.87. The Kier molecular flexibility index (Phi) is 27.2. The zero-order valence-corrected chi connectivity index (χ0v) is 39.6. The quantitative estimate of drug-likeness (QED) is 0.0298. The third-order valence-corrected chi connectivity index (χ3v) is 12.2. The van der Waals surface area contributed by atoms with Gasteiger partial charge in [-0.3, -0.25) is 28.8 Å². The molecule has 0 aromatic rings. The van der Waals surface area contributed by atoms with Crippen LogP contribution in [0.3, 0.4) is 0 Å². The van der Waals surface area contributed by atoms with Crippen LogP contribution in [0.15, 0.2) is 0 Å². The predicted octanol–water partition coefficient (Wildman–Crippen LogP) is -3.70. The number of nitrogens with one attached hydrogen (secondary N) is 5. The highest BCUT2D eigenvalue weighted by Crippen LogP contribution is 2.25. The minimum atomic E-state index is -1.46. The molecular weight excluding hydrogens is 901 g/mol. The molecule has 10 unspecified atom stereocenters. The molecule has 3 saturated heterocycles. The summed E-state index contributed by atoms with van der Waals surface area (Å²) in [6.45, 7) is 2.41. The van der Waals surface area contributed by atoms with Crippen molar-refractivity contribution in [1.29, 1.82) is 0 Å². The van der Waals surface area contributed by atoms with Gasteiger partial charge >= 0.3 is 0 Å². The van der Waals surface area contributed by atoms with E-state index < -0.39 is 92.4 Å². The first kappa shape index (κ1) is 58.7. The zero-order valence-electron chi connectivity index (χ0n) is 39.6. The standard InChI is InChI=1S/C44H78N6O18/c1-26(54)47-36-40(61)38(59)31(24-52)67-43(36)65-19-11-7-14-33(56)45-17-10-6-13-30(42(63)46-18-9-4-5-16-35(58)50-22-29(64-3)21-28(50)23-51)49-34(57)15-8-12-20-66-44-37(48-27(2)55)41(62)39(60)32(25-53)68-44/h28-32,36-41,43-44,51-53,59-62H,4-25H2,1-3H3,(H,45,56)(H,46,63)(H,47,54)(H,48,55)(H,49,57)/t28-,29+,30+,31?,32?,36?,37?,38?,39?,40?,41?,43?,44?/m0/s1. The molecule has 0 aromatic heterocycles. The van der Waals surface area contributed by atoms with Crippen molar-refractivity contribution < 1.29 is 88.2 Å². The summed E-state index contributed by atoms with van der Waals surface area (Å²) in [7, 11) is 1.58. The lowest BCUT2D eigenvalue weighted by Gasteiger charge is -2.42. The first-order valence-electron chi connectivity index (χ1n) is 23.8. The number of unbranched alkanes of at least 4 members (excludes halogenated alkanes) is 5. The highest BCUT2D eigenvalue weighted by Gasteiger charge is 2.46. The lowest BCUT2D eigenvalue weighted by atomic mass is 9.97. The minimum Gasteiger partial charge on any atom is -0.394 e. The van der Waals surface area contributed by atoms with Crippen molar-refractivity contribution in [2.24, 2.45) is 0 Å². The van der Waals surface area contributed by atoms with Crippen LogP contribution in [0.5, 0.6) is 0 Å². The van der Waals surface area contributed by atoms with Crippen LogP contribution in [0, 0.1) is 0 Å². The summed E-state index contributed by atoms with van der Waals surface area (Å²) in [6, 6.07) is -3.30. The molecule has 3 aliphatic rings. The molecular formula is C44H78N6O18. The van der Waals surface area contributed by atoms with Crippen molar-refractivity contribution in [3.8, 4) is 0 Å². The number of methoxy groups -OCH3 is 1. The molecule has 3 heterocycles. The van der Waals surface area contributed by atoms with E-state index >= 15 is 0 Å². The minimum absolute atomic E-state index is 0.0423. The number of hydrogen-bond donors (Lipinski definition) is 12. The zero-order chi connectivity index (χ0) is 50.2. The van der Waals surface area contributed by atoms with Crippen molar-refractivity contribution in [2.45, 2.75) is 183 Å². The molecule has 0 saturated carbocycles. The number of nitrogens with zero attached hydrogens (tertiary/aromatic N) is 1. The third kappa shape index (κ3) is 19.6. The van der Waals surface area contributed by atoms with E-state index in [4.69, 9.17) is 23.7 Å². The Morgan fingerprint density at radius 2 is 1.15 bits per heavy atom. The van der Waals surface area contributed by atoms with Gasteiger partial charge in [-0.1, -0.05) is 6.42 Å². The lowest BCUT2D eigenvalue weighted by Crippen LogP contribution is -2.64. The summed E-state index contributed by atoms with van der Waals surface area (Å²) in [4.78, 5) is 76.8.